The topological polar surface area (TPSA) is 29.1 Å². The van der Waals surface area contributed by atoms with Gasteiger partial charge in [0, 0.05) is 12.5 Å². The van der Waals surface area contributed by atoms with Crippen LogP contribution in [0.15, 0.2) is 12.3 Å². The molecule has 1 atom stereocenters. The van der Waals surface area contributed by atoms with Gasteiger partial charge in [0.25, 0.3) is 0 Å². The number of hydrogen-bond acceptors (Lipinski definition) is 2. The Morgan fingerprint density at radius 2 is 2.36 bits per heavy atom. The van der Waals surface area contributed by atoms with Crippen molar-refractivity contribution in [1.82, 2.24) is 5.32 Å². The average Bonchev–Trinajstić information content (AvgIpc) is 1.97. The highest BCUT2D eigenvalue weighted by atomic mass is 35.5. The second-order valence-corrected chi connectivity index (χ2v) is 2.86. The summed E-state index contributed by atoms with van der Waals surface area (Å²) < 4.78 is 0. The summed E-state index contributed by atoms with van der Waals surface area (Å²) in [5, 5.41) is 2.77. The van der Waals surface area contributed by atoms with Gasteiger partial charge < -0.3 is 5.32 Å². The quantitative estimate of drug-likeness (QED) is 0.648. The molecule has 0 saturated carbocycles. The fourth-order valence-corrected chi connectivity index (χ4v) is 0.591. The Bertz CT molecular complexity index is 145. The molecule has 0 bridgehead atoms. The summed E-state index contributed by atoms with van der Waals surface area (Å²) in [5.41, 5.74) is 0. The van der Waals surface area contributed by atoms with Crippen molar-refractivity contribution < 1.29 is 4.79 Å². The zero-order valence-electron chi connectivity index (χ0n) is 6.93. The van der Waals surface area contributed by atoms with Crippen molar-refractivity contribution in [2.24, 2.45) is 0 Å². The van der Waals surface area contributed by atoms with Crippen LogP contribution in [-0.4, -0.2) is 11.3 Å². The highest BCUT2D eigenvalue weighted by molar-refractivity contribution is 6.63. The summed E-state index contributed by atoms with van der Waals surface area (Å²) >= 11 is 5.11. The molecule has 0 aliphatic carbocycles. The smallest absolute Gasteiger partial charge is 0.225 e. The number of carbonyl (C=O) groups excluding carboxylic acids is 1. The summed E-state index contributed by atoms with van der Waals surface area (Å²) in [6.45, 7) is 4.17. The number of hydrogen-bond donors (Lipinski definition) is 1. The van der Waals surface area contributed by atoms with Gasteiger partial charge >= 0.3 is 0 Å². The van der Waals surface area contributed by atoms with E-state index < -0.39 is 0 Å². The largest absolute Gasteiger partial charge is 0.389 e. The van der Waals surface area contributed by atoms with Crippen LogP contribution in [0.2, 0.25) is 0 Å². The van der Waals surface area contributed by atoms with E-state index in [-0.39, 0.29) is 5.24 Å². The average molecular weight is 176 g/mol. The van der Waals surface area contributed by atoms with Gasteiger partial charge in [0.15, 0.2) is 0 Å². The van der Waals surface area contributed by atoms with Crippen LogP contribution < -0.4 is 5.32 Å². The van der Waals surface area contributed by atoms with E-state index in [4.69, 9.17) is 11.6 Å². The van der Waals surface area contributed by atoms with Gasteiger partial charge in [-0.1, -0.05) is 13.0 Å². The molecule has 1 N–H and O–H groups in total. The first kappa shape index (κ1) is 10.5. The molecular weight excluding hydrogens is 162 g/mol. The molecule has 2 nitrogen and oxygen atoms in total. The van der Waals surface area contributed by atoms with E-state index in [0.717, 1.165) is 6.42 Å². The first-order valence-corrected chi connectivity index (χ1v) is 4.14. The van der Waals surface area contributed by atoms with E-state index in [1.165, 1.54) is 0 Å². The third kappa shape index (κ3) is 7.40. The number of allylic oxidation sites excluding steroid dienone is 1. The fraction of sp³-hybridized carbons (Fsp3) is 0.625. The molecule has 0 aliphatic rings. The molecule has 0 amide bonds. The summed E-state index contributed by atoms with van der Waals surface area (Å²) in [4.78, 5) is 10.2. The molecule has 1 unspecified atom stereocenters. The molecule has 0 spiro atoms. The van der Waals surface area contributed by atoms with E-state index in [1.54, 1.807) is 12.3 Å². The van der Waals surface area contributed by atoms with Crippen molar-refractivity contribution >= 4 is 16.8 Å². The Balaban J connectivity index is 3.36. The molecule has 64 valence electrons. The van der Waals surface area contributed by atoms with Crippen LogP contribution in [0, 0.1) is 0 Å². The van der Waals surface area contributed by atoms with Crippen molar-refractivity contribution in [1.29, 1.82) is 0 Å². The van der Waals surface area contributed by atoms with Crippen LogP contribution in [-0.2, 0) is 4.79 Å². The summed E-state index contributed by atoms with van der Waals surface area (Å²) in [6.07, 6.45) is 4.86. The van der Waals surface area contributed by atoms with Crippen LogP contribution in [0.4, 0.5) is 0 Å². The molecule has 0 saturated heterocycles. The Labute approximate surface area is 72.6 Å². The highest BCUT2D eigenvalue weighted by Crippen LogP contribution is 1.91. The molecule has 0 aliphatic heterocycles. The lowest BCUT2D eigenvalue weighted by Gasteiger charge is -2.06. The van der Waals surface area contributed by atoms with Crippen LogP contribution in [0.5, 0.6) is 0 Å². The second-order valence-electron chi connectivity index (χ2n) is 2.44. The fourth-order valence-electron chi connectivity index (χ4n) is 0.502. The monoisotopic (exact) mass is 175 g/mol. The normalized spacial score (nSPS) is 13.4. The van der Waals surface area contributed by atoms with Gasteiger partial charge in [0.2, 0.25) is 5.24 Å². The zero-order valence-corrected chi connectivity index (χ0v) is 7.69. The van der Waals surface area contributed by atoms with Crippen LogP contribution in [0.1, 0.15) is 26.7 Å². The third-order valence-electron chi connectivity index (χ3n) is 1.39. The van der Waals surface area contributed by atoms with Gasteiger partial charge in [-0.15, -0.1) is 0 Å². The van der Waals surface area contributed by atoms with Crippen molar-refractivity contribution in [3.05, 3.63) is 12.3 Å². The van der Waals surface area contributed by atoms with Gasteiger partial charge in [-0.05, 0) is 31.1 Å². The molecular formula is C8H14ClNO. The maximum absolute atomic E-state index is 10.2. The summed E-state index contributed by atoms with van der Waals surface area (Å²) in [6, 6.07) is 0.455. The van der Waals surface area contributed by atoms with Crippen molar-refractivity contribution in [2.75, 3.05) is 0 Å². The highest BCUT2D eigenvalue weighted by Gasteiger charge is 1.91. The van der Waals surface area contributed by atoms with E-state index in [2.05, 4.69) is 19.2 Å². The lowest BCUT2D eigenvalue weighted by atomic mass is 10.3. The Morgan fingerprint density at radius 3 is 2.82 bits per heavy atom. The molecule has 0 aromatic rings. The number of carbonyl (C=O) groups is 1. The SMILES string of the molecule is CCC(C)N/C=C/CC(=O)Cl. The van der Waals surface area contributed by atoms with E-state index >= 15 is 0 Å². The molecule has 11 heavy (non-hydrogen) atoms. The predicted octanol–water partition coefficient (Wildman–Crippen LogP) is 2.04. The molecule has 0 aromatic carbocycles. The van der Waals surface area contributed by atoms with Crippen LogP contribution >= 0.6 is 11.6 Å². The second kappa shape index (κ2) is 6.23. The van der Waals surface area contributed by atoms with Crippen molar-refractivity contribution in [3.8, 4) is 0 Å². The van der Waals surface area contributed by atoms with Gasteiger partial charge in [-0.25, -0.2) is 0 Å². The first-order valence-electron chi connectivity index (χ1n) is 3.76. The molecule has 0 rings (SSSR count). The van der Waals surface area contributed by atoms with E-state index in [1.807, 2.05) is 0 Å². The Morgan fingerprint density at radius 1 is 1.73 bits per heavy atom. The van der Waals surface area contributed by atoms with E-state index in [0.29, 0.717) is 12.5 Å². The lowest BCUT2D eigenvalue weighted by molar-refractivity contribution is -0.110. The minimum atomic E-state index is -0.327. The standard InChI is InChI=1S/C8H14ClNO/c1-3-7(2)10-6-4-5-8(9)11/h4,6-7,10H,3,5H2,1-2H3/b6-4+. The van der Waals surface area contributed by atoms with E-state index in [9.17, 15) is 4.79 Å². The Kier molecular flexibility index (Phi) is 5.94. The predicted molar refractivity (Wildman–Crippen MR) is 47.5 cm³/mol. The first-order chi connectivity index (χ1) is 5.16. The molecule has 0 radical (unpaired) electrons. The Hall–Kier alpha value is -0.500. The zero-order chi connectivity index (χ0) is 8.69. The number of nitrogens with one attached hydrogen (secondary N) is 1. The summed E-state index contributed by atoms with van der Waals surface area (Å²) in [7, 11) is 0. The van der Waals surface area contributed by atoms with Gasteiger partial charge in [0.1, 0.15) is 0 Å². The van der Waals surface area contributed by atoms with Crippen molar-refractivity contribution in [2.45, 2.75) is 32.7 Å². The summed E-state index contributed by atoms with van der Waals surface area (Å²) in [5.74, 6) is 0. The third-order valence-corrected chi connectivity index (χ3v) is 1.54. The maximum atomic E-state index is 10.2. The minimum Gasteiger partial charge on any atom is -0.389 e. The molecule has 0 fully saturated rings. The number of rotatable bonds is 5. The molecule has 0 heterocycles. The maximum Gasteiger partial charge on any atom is 0.225 e. The van der Waals surface area contributed by atoms with Gasteiger partial charge in [0.05, 0.1) is 0 Å². The van der Waals surface area contributed by atoms with Crippen molar-refractivity contribution in [3.63, 3.8) is 0 Å². The van der Waals surface area contributed by atoms with Crippen LogP contribution in [0.3, 0.4) is 0 Å². The van der Waals surface area contributed by atoms with Gasteiger partial charge in [-0.2, -0.15) is 0 Å². The van der Waals surface area contributed by atoms with Gasteiger partial charge in [-0.3, -0.25) is 4.79 Å². The van der Waals surface area contributed by atoms with Crippen LogP contribution in [0.25, 0.3) is 0 Å². The molecule has 0 aromatic heterocycles. The lowest BCUT2D eigenvalue weighted by Crippen LogP contribution is -2.18. The number of halogens is 1. The molecule has 3 heteroatoms. The minimum absolute atomic E-state index is 0.297.